The SMILES string of the molecule is NC1CCC2CN(C(=O)C3CCCC3C(=O)N3CC4CCC(N)C4C3)CC12. The summed E-state index contributed by atoms with van der Waals surface area (Å²) in [5, 5.41) is 0. The molecule has 5 aliphatic rings. The summed E-state index contributed by atoms with van der Waals surface area (Å²) in [5.74, 6) is 2.35. The molecule has 2 heterocycles. The third-order valence-corrected chi connectivity index (χ3v) is 8.60. The maximum atomic E-state index is 13.3. The predicted molar refractivity (Wildman–Crippen MR) is 102 cm³/mol. The molecule has 8 atom stereocenters. The molecular formula is C21H34N4O2. The Kier molecular flexibility index (Phi) is 4.47. The first-order valence-corrected chi connectivity index (χ1v) is 11.1. The maximum absolute atomic E-state index is 13.3. The summed E-state index contributed by atoms with van der Waals surface area (Å²) in [5.41, 5.74) is 12.5. The smallest absolute Gasteiger partial charge is 0.226 e. The van der Waals surface area contributed by atoms with E-state index in [-0.39, 0.29) is 35.7 Å². The lowest BCUT2D eigenvalue weighted by Crippen LogP contribution is -2.43. The number of hydrogen-bond acceptors (Lipinski definition) is 4. The van der Waals surface area contributed by atoms with Gasteiger partial charge in [0.25, 0.3) is 0 Å². The summed E-state index contributed by atoms with van der Waals surface area (Å²) in [6.07, 6.45) is 7.23. The van der Waals surface area contributed by atoms with Crippen LogP contribution >= 0.6 is 0 Å². The molecule has 3 aliphatic carbocycles. The van der Waals surface area contributed by atoms with Gasteiger partial charge in [-0.05, 0) is 62.2 Å². The summed E-state index contributed by atoms with van der Waals surface area (Å²) in [6.45, 7) is 3.34. The van der Waals surface area contributed by atoms with Gasteiger partial charge in [-0.15, -0.1) is 0 Å². The van der Waals surface area contributed by atoms with Crippen molar-refractivity contribution < 1.29 is 9.59 Å². The third-order valence-electron chi connectivity index (χ3n) is 8.60. The van der Waals surface area contributed by atoms with Crippen LogP contribution in [0.3, 0.4) is 0 Å². The minimum Gasteiger partial charge on any atom is -0.342 e. The van der Waals surface area contributed by atoms with Gasteiger partial charge in [0.2, 0.25) is 11.8 Å². The van der Waals surface area contributed by atoms with Crippen molar-refractivity contribution in [1.82, 2.24) is 9.80 Å². The monoisotopic (exact) mass is 374 g/mol. The van der Waals surface area contributed by atoms with Gasteiger partial charge >= 0.3 is 0 Å². The first-order valence-electron chi connectivity index (χ1n) is 11.1. The van der Waals surface area contributed by atoms with Crippen LogP contribution in [0.15, 0.2) is 0 Å². The highest BCUT2D eigenvalue weighted by Gasteiger charge is 2.49. The number of amides is 2. The second-order valence-electron chi connectivity index (χ2n) is 9.96. The van der Waals surface area contributed by atoms with Crippen LogP contribution in [-0.2, 0) is 9.59 Å². The van der Waals surface area contributed by atoms with Gasteiger partial charge < -0.3 is 21.3 Å². The van der Waals surface area contributed by atoms with Crippen molar-refractivity contribution in [2.45, 2.75) is 57.0 Å². The van der Waals surface area contributed by atoms with E-state index in [1.54, 1.807) is 0 Å². The van der Waals surface area contributed by atoms with Crippen LogP contribution in [0.25, 0.3) is 0 Å². The van der Waals surface area contributed by atoms with Crippen molar-refractivity contribution in [3.8, 4) is 0 Å². The lowest BCUT2D eigenvalue weighted by molar-refractivity contribution is -0.144. The second-order valence-corrected chi connectivity index (χ2v) is 9.96. The highest BCUT2D eigenvalue weighted by molar-refractivity contribution is 5.88. The van der Waals surface area contributed by atoms with E-state index in [1.807, 2.05) is 9.80 Å². The van der Waals surface area contributed by atoms with Crippen LogP contribution in [0.2, 0.25) is 0 Å². The van der Waals surface area contributed by atoms with E-state index in [0.717, 1.165) is 71.1 Å². The Labute approximate surface area is 162 Å². The first kappa shape index (κ1) is 17.9. The van der Waals surface area contributed by atoms with Crippen molar-refractivity contribution in [2.24, 2.45) is 47.0 Å². The number of hydrogen-bond donors (Lipinski definition) is 2. The van der Waals surface area contributed by atoms with Gasteiger partial charge in [-0.25, -0.2) is 0 Å². The van der Waals surface area contributed by atoms with Crippen molar-refractivity contribution in [1.29, 1.82) is 0 Å². The Morgan fingerprint density at radius 1 is 0.630 bits per heavy atom. The van der Waals surface area contributed by atoms with E-state index >= 15 is 0 Å². The molecule has 0 aromatic carbocycles. The fraction of sp³-hybridized carbons (Fsp3) is 0.905. The largest absolute Gasteiger partial charge is 0.342 e. The Balaban J connectivity index is 1.24. The molecule has 6 heteroatoms. The van der Waals surface area contributed by atoms with Gasteiger partial charge in [0, 0.05) is 50.1 Å². The molecule has 8 unspecified atom stereocenters. The number of rotatable bonds is 2. The Morgan fingerprint density at radius 2 is 1.07 bits per heavy atom. The first-order chi connectivity index (χ1) is 13.0. The molecule has 6 nitrogen and oxygen atoms in total. The van der Waals surface area contributed by atoms with E-state index in [4.69, 9.17) is 11.5 Å². The normalized spacial score (nSPS) is 46.1. The van der Waals surface area contributed by atoms with Gasteiger partial charge in [0.15, 0.2) is 0 Å². The summed E-state index contributed by atoms with van der Waals surface area (Å²) >= 11 is 0. The van der Waals surface area contributed by atoms with Crippen LogP contribution in [0, 0.1) is 35.5 Å². The van der Waals surface area contributed by atoms with E-state index in [1.165, 1.54) is 0 Å². The molecule has 4 N–H and O–H groups in total. The van der Waals surface area contributed by atoms with Crippen molar-refractivity contribution in [3.63, 3.8) is 0 Å². The summed E-state index contributed by atoms with van der Waals surface area (Å²) in [7, 11) is 0. The van der Waals surface area contributed by atoms with Crippen LogP contribution < -0.4 is 11.5 Å². The van der Waals surface area contributed by atoms with E-state index < -0.39 is 0 Å². The Bertz CT molecular complexity index is 573. The fourth-order valence-electron chi connectivity index (χ4n) is 7.00. The predicted octanol–water partition coefficient (Wildman–Crippen LogP) is 0.794. The molecule has 27 heavy (non-hydrogen) atoms. The van der Waals surface area contributed by atoms with Crippen LogP contribution in [0.4, 0.5) is 0 Å². The summed E-state index contributed by atoms with van der Waals surface area (Å²) in [4.78, 5) is 30.6. The van der Waals surface area contributed by atoms with Crippen molar-refractivity contribution in [2.75, 3.05) is 26.2 Å². The molecule has 150 valence electrons. The zero-order valence-electron chi connectivity index (χ0n) is 16.3. The number of nitrogens with zero attached hydrogens (tertiary/aromatic N) is 2. The lowest BCUT2D eigenvalue weighted by atomic mass is 9.93. The molecule has 2 amide bonds. The quantitative estimate of drug-likeness (QED) is 0.747. The lowest BCUT2D eigenvalue weighted by Gasteiger charge is -2.28. The number of fused-ring (bicyclic) bond motifs is 2. The topological polar surface area (TPSA) is 92.7 Å². The van der Waals surface area contributed by atoms with Crippen LogP contribution in [0.5, 0.6) is 0 Å². The summed E-state index contributed by atoms with van der Waals surface area (Å²) < 4.78 is 0. The minimum absolute atomic E-state index is 0.110. The highest BCUT2D eigenvalue weighted by atomic mass is 16.2. The number of nitrogens with two attached hydrogens (primary N) is 2. The molecule has 0 bridgehead atoms. The molecule has 0 radical (unpaired) electrons. The number of likely N-dealkylation sites (tertiary alicyclic amines) is 2. The average Bonchev–Trinajstić information content (AvgIpc) is 3.43. The molecule has 0 spiro atoms. The van der Waals surface area contributed by atoms with Crippen LogP contribution in [0.1, 0.15) is 44.9 Å². The highest BCUT2D eigenvalue weighted by Crippen LogP contribution is 2.42. The van der Waals surface area contributed by atoms with Crippen LogP contribution in [-0.4, -0.2) is 59.9 Å². The Morgan fingerprint density at radius 3 is 1.48 bits per heavy atom. The van der Waals surface area contributed by atoms with E-state index in [9.17, 15) is 9.59 Å². The van der Waals surface area contributed by atoms with Gasteiger partial charge in [0.05, 0.1) is 0 Å². The van der Waals surface area contributed by atoms with Crippen molar-refractivity contribution in [3.05, 3.63) is 0 Å². The van der Waals surface area contributed by atoms with E-state index in [2.05, 4.69) is 0 Å². The molecule has 2 aliphatic heterocycles. The molecule has 5 rings (SSSR count). The summed E-state index contributed by atoms with van der Waals surface area (Å²) in [6, 6.07) is 0.504. The zero-order valence-corrected chi connectivity index (χ0v) is 16.3. The molecule has 0 aromatic rings. The molecule has 3 saturated carbocycles. The molecule has 0 aromatic heterocycles. The zero-order chi connectivity index (χ0) is 18.7. The van der Waals surface area contributed by atoms with Gasteiger partial charge in [-0.3, -0.25) is 9.59 Å². The third kappa shape index (κ3) is 2.91. The fourth-order valence-corrected chi connectivity index (χ4v) is 7.00. The molecule has 2 saturated heterocycles. The second kappa shape index (κ2) is 6.73. The number of carbonyl (C=O) groups excluding carboxylic acids is 2. The van der Waals surface area contributed by atoms with Gasteiger partial charge in [0.1, 0.15) is 0 Å². The number of carbonyl (C=O) groups is 2. The van der Waals surface area contributed by atoms with Gasteiger partial charge in [-0.1, -0.05) is 6.42 Å². The molecular weight excluding hydrogens is 340 g/mol. The minimum atomic E-state index is -0.110. The van der Waals surface area contributed by atoms with E-state index in [0.29, 0.717) is 23.7 Å². The standard InChI is InChI=1S/C21H34N4O2/c22-18-6-4-12-8-24(10-16(12)18)20(26)14-2-1-3-15(14)21(27)25-9-13-5-7-19(23)17(13)11-25/h12-19H,1-11,22-23H2. The molecule has 5 fully saturated rings. The van der Waals surface area contributed by atoms with Crippen molar-refractivity contribution >= 4 is 11.8 Å². The Hall–Kier alpha value is -1.14. The van der Waals surface area contributed by atoms with Gasteiger partial charge in [-0.2, -0.15) is 0 Å². The maximum Gasteiger partial charge on any atom is 0.226 e. The average molecular weight is 375 g/mol.